The van der Waals surface area contributed by atoms with E-state index >= 15 is 0 Å². The van der Waals surface area contributed by atoms with Crippen LogP contribution in [0.4, 0.5) is 4.79 Å². The predicted octanol–water partition coefficient (Wildman–Crippen LogP) is 0.166. The van der Waals surface area contributed by atoms with Crippen molar-refractivity contribution in [1.29, 1.82) is 0 Å². The second-order valence-corrected chi connectivity index (χ2v) is 2.55. The van der Waals surface area contributed by atoms with Crippen molar-refractivity contribution in [3.63, 3.8) is 0 Å². The van der Waals surface area contributed by atoms with Crippen molar-refractivity contribution in [3.8, 4) is 0 Å². The fourth-order valence-corrected chi connectivity index (χ4v) is 1.02. The second kappa shape index (κ2) is 3.75. The van der Waals surface area contributed by atoms with Crippen molar-refractivity contribution in [1.82, 2.24) is 10.2 Å². The average Bonchev–Trinajstić information content (AvgIpc) is 2.34. The topological polar surface area (TPSA) is 69.6 Å². The van der Waals surface area contributed by atoms with Crippen LogP contribution in [-0.4, -0.2) is 35.1 Å². The van der Waals surface area contributed by atoms with Crippen LogP contribution in [0.15, 0.2) is 24.4 Å². The van der Waals surface area contributed by atoms with E-state index in [0.717, 1.165) is 0 Å². The van der Waals surface area contributed by atoms with E-state index in [4.69, 9.17) is 5.11 Å². The first-order valence-corrected chi connectivity index (χ1v) is 3.76. The van der Waals surface area contributed by atoms with Gasteiger partial charge in [-0.3, -0.25) is 4.79 Å². The lowest BCUT2D eigenvalue weighted by molar-refractivity contribution is -0.123. The molecule has 0 bridgehead atoms. The van der Waals surface area contributed by atoms with Crippen molar-refractivity contribution in [2.45, 2.75) is 0 Å². The number of hydrogen-bond donors (Lipinski definition) is 2. The minimum atomic E-state index is -1.09. The first-order valence-electron chi connectivity index (χ1n) is 3.76. The number of allylic oxidation sites excluding steroid dienone is 1. The lowest BCUT2D eigenvalue weighted by atomic mass is 10.4. The van der Waals surface area contributed by atoms with Gasteiger partial charge in [-0.05, 0) is 6.08 Å². The Hall–Kier alpha value is -1.78. The van der Waals surface area contributed by atoms with Gasteiger partial charge in [-0.1, -0.05) is 6.58 Å². The maximum Gasteiger partial charge on any atom is 0.404 e. The first-order chi connectivity index (χ1) is 6.11. The van der Waals surface area contributed by atoms with Gasteiger partial charge in [-0.15, -0.1) is 0 Å². The molecule has 0 fully saturated rings. The van der Waals surface area contributed by atoms with Crippen molar-refractivity contribution < 1.29 is 14.7 Å². The standard InChI is InChI=1S/C8H10N2O3/c1-6-2-3-7(11)10(6)5-4-9-8(12)13/h2-3,9H,1,4-5H2,(H,12,13). The quantitative estimate of drug-likeness (QED) is 0.653. The number of rotatable bonds is 3. The van der Waals surface area contributed by atoms with Crippen LogP contribution < -0.4 is 5.32 Å². The molecular formula is C8H10N2O3. The molecule has 0 saturated carbocycles. The minimum absolute atomic E-state index is 0.155. The molecule has 0 atom stereocenters. The third-order valence-corrected chi connectivity index (χ3v) is 1.64. The van der Waals surface area contributed by atoms with Crippen molar-refractivity contribution >= 4 is 12.0 Å². The Balaban J connectivity index is 2.34. The van der Waals surface area contributed by atoms with Crippen LogP contribution in [0.25, 0.3) is 0 Å². The summed E-state index contributed by atoms with van der Waals surface area (Å²) in [6.07, 6.45) is 1.91. The third-order valence-electron chi connectivity index (χ3n) is 1.64. The Bertz CT molecular complexity index is 265. The predicted molar refractivity (Wildman–Crippen MR) is 46.0 cm³/mol. The van der Waals surface area contributed by atoms with Crippen molar-refractivity contribution in [2.75, 3.05) is 13.1 Å². The van der Waals surface area contributed by atoms with Crippen LogP contribution in [0.1, 0.15) is 0 Å². The van der Waals surface area contributed by atoms with E-state index in [-0.39, 0.29) is 12.5 Å². The third kappa shape index (κ3) is 2.33. The molecule has 2 N–H and O–H groups in total. The molecule has 0 aromatic rings. The number of carboxylic acid groups (broad SMARTS) is 1. The molecule has 1 aliphatic heterocycles. The van der Waals surface area contributed by atoms with Crippen LogP contribution >= 0.6 is 0 Å². The summed E-state index contributed by atoms with van der Waals surface area (Å²) in [5, 5.41) is 10.4. The van der Waals surface area contributed by atoms with Gasteiger partial charge in [0.15, 0.2) is 0 Å². The van der Waals surface area contributed by atoms with E-state index < -0.39 is 6.09 Å². The first kappa shape index (κ1) is 9.31. The van der Waals surface area contributed by atoms with Gasteiger partial charge in [0.1, 0.15) is 0 Å². The highest BCUT2D eigenvalue weighted by atomic mass is 16.4. The molecule has 13 heavy (non-hydrogen) atoms. The fraction of sp³-hybridized carbons (Fsp3) is 0.250. The summed E-state index contributed by atoms with van der Waals surface area (Å²) in [6.45, 7) is 4.15. The van der Waals surface area contributed by atoms with Crippen LogP contribution in [0.2, 0.25) is 0 Å². The monoisotopic (exact) mass is 182 g/mol. The van der Waals surface area contributed by atoms with Gasteiger partial charge in [-0.2, -0.15) is 0 Å². The molecule has 70 valence electrons. The van der Waals surface area contributed by atoms with Crippen molar-refractivity contribution in [2.24, 2.45) is 0 Å². The minimum Gasteiger partial charge on any atom is -0.465 e. The molecule has 0 unspecified atom stereocenters. The number of nitrogens with zero attached hydrogens (tertiary/aromatic N) is 1. The maximum atomic E-state index is 11.1. The number of carbonyl (C=O) groups excluding carboxylic acids is 1. The van der Waals surface area contributed by atoms with Gasteiger partial charge >= 0.3 is 6.09 Å². The Labute approximate surface area is 75.3 Å². The van der Waals surface area contributed by atoms with E-state index in [1.807, 2.05) is 0 Å². The Morgan fingerprint density at radius 1 is 1.62 bits per heavy atom. The zero-order chi connectivity index (χ0) is 9.84. The summed E-state index contributed by atoms with van der Waals surface area (Å²) < 4.78 is 0. The molecule has 0 radical (unpaired) electrons. The molecular weight excluding hydrogens is 172 g/mol. The number of hydrogen-bond acceptors (Lipinski definition) is 2. The van der Waals surface area contributed by atoms with E-state index in [1.54, 1.807) is 6.08 Å². The molecule has 0 saturated heterocycles. The molecule has 1 rings (SSSR count). The fourth-order valence-electron chi connectivity index (χ4n) is 1.02. The van der Waals surface area contributed by atoms with E-state index in [1.165, 1.54) is 11.0 Å². The number of carbonyl (C=O) groups is 2. The average molecular weight is 182 g/mol. The van der Waals surface area contributed by atoms with Gasteiger partial charge in [0.2, 0.25) is 0 Å². The van der Waals surface area contributed by atoms with Gasteiger partial charge in [-0.25, -0.2) is 4.79 Å². The van der Waals surface area contributed by atoms with Crippen LogP contribution in [0.3, 0.4) is 0 Å². The zero-order valence-electron chi connectivity index (χ0n) is 6.99. The molecule has 1 aliphatic rings. The molecule has 0 aliphatic carbocycles. The Morgan fingerprint density at radius 2 is 2.31 bits per heavy atom. The lowest BCUT2D eigenvalue weighted by Crippen LogP contribution is -2.34. The molecule has 1 heterocycles. The van der Waals surface area contributed by atoms with Crippen LogP contribution in [-0.2, 0) is 4.79 Å². The lowest BCUT2D eigenvalue weighted by Gasteiger charge is -2.16. The molecule has 5 heteroatoms. The van der Waals surface area contributed by atoms with E-state index in [2.05, 4.69) is 11.9 Å². The van der Waals surface area contributed by atoms with Crippen LogP contribution in [0.5, 0.6) is 0 Å². The molecule has 2 amide bonds. The Kier molecular flexibility index (Phi) is 2.69. The highest BCUT2D eigenvalue weighted by molar-refractivity contribution is 5.93. The van der Waals surface area contributed by atoms with E-state index in [9.17, 15) is 9.59 Å². The Morgan fingerprint density at radius 3 is 2.77 bits per heavy atom. The molecule has 0 spiro atoms. The van der Waals surface area contributed by atoms with Gasteiger partial charge in [0.25, 0.3) is 5.91 Å². The van der Waals surface area contributed by atoms with E-state index in [0.29, 0.717) is 12.2 Å². The highest BCUT2D eigenvalue weighted by Crippen LogP contribution is 2.11. The van der Waals surface area contributed by atoms with Gasteiger partial charge in [0.05, 0.1) is 0 Å². The summed E-state index contributed by atoms with van der Waals surface area (Å²) in [4.78, 5) is 22.6. The SMILES string of the molecule is C=C1C=CC(=O)N1CCNC(=O)O. The number of amides is 2. The molecule has 0 aromatic heterocycles. The van der Waals surface area contributed by atoms with Crippen molar-refractivity contribution in [3.05, 3.63) is 24.4 Å². The number of nitrogens with one attached hydrogen (secondary N) is 1. The van der Waals surface area contributed by atoms with Crippen LogP contribution in [0, 0.1) is 0 Å². The highest BCUT2D eigenvalue weighted by Gasteiger charge is 2.17. The largest absolute Gasteiger partial charge is 0.465 e. The summed E-state index contributed by atoms with van der Waals surface area (Å²) in [7, 11) is 0. The molecule has 5 nitrogen and oxygen atoms in total. The summed E-state index contributed by atoms with van der Waals surface area (Å²) in [5.41, 5.74) is 0.595. The summed E-state index contributed by atoms with van der Waals surface area (Å²) >= 11 is 0. The van der Waals surface area contributed by atoms with Gasteiger partial charge in [0, 0.05) is 24.9 Å². The molecule has 0 aromatic carbocycles. The van der Waals surface area contributed by atoms with Gasteiger partial charge < -0.3 is 15.3 Å². The summed E-state index contributed by atoms with van der Waals surface area (Å²) in [5.74, 6) is -0.155. The maximum absolute atomic E-state index is 11.1. The smallest absolute Gasteiger partial charge is 0.404 e. The zero-order valence-corrected chi connectivity index (χ0v) is 6.99. The normalized spacial score (nSPS) is 15.2. The second-order valence-electron chi connectivity index (χ2n) is 2.55. The summed E-state index contributed by atoms with van der Waals surface area (Å²) in [6, 6.07) is 0.